The minimum Gasteiger partial charge on any atom is -0.454 e. The highest BCUT2D eigenvalue weighted by Crippen LogP contribution is 2.40. The molecule has 3 heterocycles. The third-order valence-corrected chi connectivity index (χ3v) is 4.81. The number of anilines is 2. The van der Waals surface area contributed by atoms with Crippen LogP contribution in [0.25, 0.3) is 22.4 Å². The highest BCUT2D eigenvalue weighted by atomic mass is 16.7. The van der Waals surface area contributed by atoms with Gasteiger partial charge in [-0.3, -0.25) is 0 Å². The van der Waals surface area contributed by atoms with Gasteiger partial charge in [0.05, 0.1) is 11.4 Å². The third kappa shape index (κ3) is 2.99. The number of fused-ring (bicyclic) bond motifs is 1. The van der Waals surface area contributed by atoms with Crippen LogP contribution in [-0.4, -0.2) is 26.7 Å². The second-order valence-corrected chi connectivity index (χ2v) is 6.79. The fourth-order valence-corrected chi connectivity index (χ4v) is 3.26. The van der Waals surface area contributed by atoms with E-state index < -0.39 is 0 Å². The molecule has 0 spiro atoms. The molecule has 2 aliphatic rings. The summed E-state index contributed by atoms with van der Waals surface area (Å²) < 4.78 is 10.9. The summed E-state index contributed by atoms with van der Waals surface area (Å²) in [5.41, 5.74) is 15.9. The van der Waals surface area contributed by atoms with Gasteiger partial charge in [-0.1, -0.05) is 6.07 Å². The maximum absolute atomic E-state index is 5.89. The third-order valence-electron chi connectivity index (χ3n) is 4.81. The van der Waals surface area contributed by atoms with Crippen LogP contribution < -0.4 is 20.9 Å². The van der Waals surface area contributed by atoms with Crippen LogP contribution in [-0.2, 0) is 6.42 Å². The number of nitrogens with zero attached hydrogens (tertiary/aromatic N) is 4. The van der Waals surface area contributed by atoms with E-state index in [0.29, 0.717) is 17.4 Å². The molecule has 8 heteroatoms. The second-order valence-electron chi connectivity index (χ2n) is 6.79. The number of nitrogens with two attached hydrogens (primary N) is 2. The van der Waals surface area contributed by atoms with E-state index in [0.717, 1.165) is 34.6 Å². The number of nitrogen functional groups attached to an aromatic ring is 2. The van der Waals surface area contributed by atoms with Gasteiger partial charge in [0.15, 0.2) is 11.5 Å². The van der Waals surface area contributed by atoms with Gasteiger partial charge >= 0.3 is 0 Å². The summed E-state index contributed by atoms with van der Waals surface area (Å²) in [5.74, 6) is 2.53. The van der Waals surface area contributed by atoms with Crippen LogP contribution in [0.5, 0.6) is 11.5 Å². The summed E-state index contributed by atoms with van der Waals surface area (Å²) in [5, 5.41) is 0. The molecule has 0 atom stereocenters. The van der Waals surface area contributed by atoms with E-state index in [1.165, 1.54) is 12.8 Å². The number of hydrogen-bond donors (Lipinski definition) is 2. The topological polar surface area (TPSA) is 122 Å². The monoisotopic (exact) mass is 362 g/mol. The highest BCUT2D eigenvalue weighted by molar-refractivity contribution is 5.82. The van der Waals surface area contributed by atoms with Crippen molar-refractivity contribution in [3.8, 4) is 33.9 Å². The molecule has 0 amide bonds. The fraction of sp³-hybridized carbons (Fsp3) is 0.263. The maximum atomic E-state index is 5.89. The number of benzene rings is 1. The van der Waals surface area contributed by atoms with Crippen molar-refractivity contribution in [2.24, 2.45) is 5.92 Å². The SMILES string of the molecule is Nc1ncc(-c2nc(N)ncc2-c2ccc3c(c2)OCO3)c(CC2CC2)n1. The molecule has 0 radical (unpaired) electrons. The van der Waals surface area contributed by atoms with E-state index >= 15 is 0 Å². The Hall–Kier alpha value is -3.42. The fourth-order valence-electron chi connectivity index (χ4n) is 3.26. The van der Waals surface area contributed by atoms with E-state index in [4.69, 9.17) is 20.9 Å². The smallest absolute Gasteiger partial charge is 0.231 e. The Balaban J connectivity index is 1.66. The molecule has 0 unspecified atom stereocenters. The van der Waals surface area contributed by atoms with Crippen LogP contribution in [0.15, 0.2) is 30.6 Å². The lowest BCUT2D eigenvalue weighted by atomic mass is 9.98. The van der Waals surface area contributed by atoms with Crippen molar-refractivity contribution in [3.63, 3.8) is 0 Å². The summed E-state index contributed by atoms with van der Waals surface area (Å²) in [7, 11) is 0. The number of ether oxygens (including phenoxy) is 2. The minimum atomic E-state index is 0.198. The molecule has 1 aliphatic carbocycles. The zero-order valence-corrected chi connectivity index (χ0v) is 14.6. The summed E-state index contributed by atoms with van der Waals surface area (Å²) in [6.07, 6.45) is 6.71. The zero-order valence-electron chi connectivity index (χ0n) is 14.6. The Labute approximate surface area is 155 Å². The molecule has 136 valence electrons. The Kier molecular flexibility index (Phi) is 3.56. The molecule has 1 aliphatic heterocycles. The van der Waals surface area contributed by atoms with Crippen molar-refractivity contribution in [1.82, 2.24) is 19.9 Å². The largest absolute Gasteiger partial charge is 0.454 e. The maximum Gasteiger partial charge on any atom is 0.231 e. The first-order valence-corrected chi connectivity index (χ1v) is 8.81. The van der Waals surface area contributed by atoms with Gasteiger partial charge in [0.2, 0.25) is 18.7 Å². The van der Waals surface area contributed by atoms with Gasteiger partial charge < -0.3 is 20.9 Å². The molecular formula is C19H18N6O2. The van der Waals surface area contributed by atoms with Crippen molar-refractivity contribution in [3.05, 3.63) is 36.3 Å². The molecule has 4 N–H and O–H groups in total. The molecule has 0 saturated heterocycles. The average Bonchev–Trinajstić information content (AvgIpc) is 3.35. The lowest BCUT2D eigenvalue weighted by molar-refractivity contribution is 0.174. The predicted molar refractivity (Wildman–Crippen MR) is 99.9 cm³/mol. The van der Waals surface area contributed by atoms with Crippen molar-refractivity contribution < 1.29 is 9.47 Å². The van der Waals surface area contributed by atoms with Gasteiger partial charge in [0, 0.05) is 23.5 Å². The van der Waals surface area contributed by atoms with Crippen molar-refractivity contribution in [1.29, 1.82) is 0 Å². The van der Waals surface area contributed by atoms with Crippen molar-refractivity contribution >= 4 is 11.9 Å². The van der Waals surface area contributed by atoms with Crippen LogP contribution in [0, 0.1) is 5.92 Å². The molecule has 2 aromatic heterocycles. The second kappa shape index (κ2) is 6.08. The molecule has 27 heavy (non-hydrogen) atoms. The molecular weight excluding hydrogens is 344 g/mol. The van der Waals surface area contributed by atoms with Gasteiger partial charge in [-0.05, 0) is 42.9 Å². The van der Waals surface area contributed by atoms with Gasteiger partial charge in [-0.2, -0.15) is 0 Å². The molecule has 0 bridgehead atoms. The van der Waals surface area contributed by atoms with Crippen LogP contribution in [0.1, 0.15) is 18.5 Å². The number of hydrogen-bond acceptors (Lipinski definition) is 8. The summed E-state index contributed by atoms with van der Waals surface area (Å²) in [6.45, 7) is 0.223. The van der Waals surface area contributed by atoms with Crippen molar-refractivity contribution in [2.45, 2.75) is 19.3 Å². The molecule has 1 aromatic carbocycles. The van der Waals surface area contributed by atoms with E-state index in [-0.39, 0.29) is 18.7 Å². The highest BCUT2D eigenvalue weighted by Gasteiger charge is 2.26. The first-order chi connectivity index (χ1) is 13.2. The van der Waals surface area contributed by atoms with Gasteiger partial charge in [0.1, 0.15) is 0 Å². The summed E-state index contributed by atoms with van der Waals surface area (Å²) in [4.78, 5) is 17.3. The summed E-state index contributed by atoms with van der Waals surface area (Å²) in [6, 6.07) is 5.74. The van der Waals surface area contributed by atoms with Gasteiger partial charge in [-0.25, -0.2) is 19.9 Å². The first kappa shape index (κ1) is 15.8. The van der Waals surface area contributed by atoms with Crippen LogP contribution in [0.2, 0.25) is 0 Å². The van der Waals surface area contributed by atoms with E-state index in [9.17, 15) is 0 Å². The van der Waals surface area contributed by atoms with Crippen molar-refractivity contribution in [2.75, 3.05) is 18.3 Å². The van der Waals surface area contributed by atoms with E-state index in [1.807, 2.05) is 18.2 Å². The zero-order chi connectivity index (χ0) is 18.4. The Bertz CT molecular complexity index is 1030. The standard InChI is InChI=1S/C19H18N6O2/c20-18-23-8-13(14(24-18)5-10-1-2-10)17-12(7-22-19(21)25-17)11-3-4-15-16(6-11)27-9-26-15/h3-4,6-8,10H,1-2,5,9H2,(H2,20,23,24)(H2,21,22,25). The van der Waals surface area contributed by atoms with E-state index in [1.54, 1.807) is 12.4 Å². The number of aromatic nitrogens is 4. The van der Waals surface area contributed by atoms with Gasteiger partial charge in [0.25, 0.3) is 0 Å². The minimum absolute atomic E-state index is 0.198. The normalized spacial score (nSPS) is 15.1. The Morgan fingerprint density at radius 3 is 2.48 bits per heavy atom. The predicted octanol–water partition coefficient (Wildman–Crippen LogP) is 2.45. The van der Waals surface area contributed by atoms with Crippen LogP contribution in [0.4, 0.5) is 11.9 Å². The van der Waals surface area contributed by atoms with Crippen LogP contribution in [0.3, 0.4) is 0 Å². The van der Waals surface area contributed by atoms with Crippen LogP contribution >= 0.6 is 0 Å². The summed E-state index contributed by atoms with van der Waals surface area (Å²) >= 11 is 0. The Morgan fingerprint density at radius 1 is 0.926 bits per heavy atom. The quantitative estimate of drug-likeness (QED) is 0.725. The Morgan fingerprint density at radius 2 is 1.67 bits per heavy atom. The first-order valence-electron chi connectivity index (χ1n) is 8.81. The molecule has 3 aromatic rings. The molecule has 5 rings (SSSR count). The number of rotatable bonds is 4. The lowest BCUT2D eigenvalue weighted by Gasteiger charge is -2.13. The molecule has 1 saturated carbocycles. The van der Waals surface area contributed by atoms with E-state index in [2.05, 4.69) is 19.9 Å². The molecule has 8 nitrogen and oxygen atoms in total. The van der Waals surface area contributed by atoms with Gasteiger partial charge in [-0.15, -0.1) is 0 Å². The molecule has 1 fully saturated rings. The average molecular weight is 362 g/mol. The lowest BCUT2D eigenvalue weighted by Crippen LogP contribution is -2.06.